The van der Waals surface area contributed by atoms with Gasteiger partial charge < -0.3 is 0 Å². The fourth-order valence-electron chi connectivity index (χ4n) is 2.64. The van der Waals surface area contributed by atoms with Gasteiger partial charge in [-0.3, -0.25) is 5.01 Å². The van der Waals surface area contributed by atoms with Crippen molar-refractivity contribution in [3.63, 3.8) is 0 Å². The highest BCUT2D eigenvalue weighted by Crippen LogP contribution is 2.27. The van der Waals surface area contributed by atoms with Crippen LogP contribution in [0.15, 0.2) is 23.3 Å². The fourth-order valence-corrected chi connectivity index (χ4v) is 2.64. The van der Waals surface area contributed by atoms with Crippen molar-refractivity contribution < 1.29 is 0 Å². The smallest absolute Gasteiger partial charge is 0.0596 e. The van der Waals surface area contributed by atoms with Crippen molar-refractivity contribution in [3.8, 4) is 0 Å². The van der Waals surface area contributed by atoms with Gasteiger partial charge in [-0.1, -0.05) is 6.07 Å². The predicted molar refractivity (Wildman–Crippen MR) is 68.2 cm³/mol. The molecule has 2 heteroatoms. The summed E-state index contributed by atoms with van der Waals surface area (Å²) in [6, 6.07) is 6.87. The van der Waals surface area contributed by atoms with Gasteiger partial charge in [-0.2, -0.15) is 5.10 Å². The third-order valence-electron chi connectivity index (χ3n) is 3.61. The van der Waals surface area contributed by atoms with E-state index in [0.717, 1.165) is 13.0 Å². The van der Waals surface area contributed by atoms with Crippen LogP contribution >= 0.6 is 0 Å². The van der Waals surface area contributed by atoms with Gasteiger partial charge in [0.05, 0.1) is 5.69 Å². The van der Waals surface area contributed by atoms with Crippen LogP contribution in [0, 0.1) is 0 Å². The minimum Gasteiger partial charge on any atom is -0.265 e. The van der Waals surface area contributed by atoms with Crippen molar-refractivity contribution in [2.45, 2.75) is 39.0 Å². The highest BCUT2D eigenvalue weighted by Gasteiger charge is 2.15. The van der Waals surface area contributed by atoms with Crippen molar-refractivity contribution in [1.82, 2.24) is 0 Å². The average Bonchev–Trinajstić information content (AvgIpc) is 2.75. The quantitative estimate of drug-likeness (QED) is 0.701. The lowest BCUT2D eigenvalue weighted by atomic mass is 9.91. The number of fused-ring (bicyclic) bond motifs is 1. The van der Waals surface area contributed by atoms with E-state index in [2.05, 4.69) is 35.2 Å². The molecule has 2 nitrogen and oxygen atoms in total. The number of aryl methyl sites for hydroxylation is 2. The van der Waals surface area contributed by atoms with Crippen molar-refractivity contribution in [2.24, 2.45) is 5.10 Å². The van der Waals surface area contributed by atoms with Crippen LogP contribution in [0.5, 0.6) is 0 Å². The van der Waals surface area contributed by atoms with Gasteiger partial charge in [0.1, 0.15) is 0 Å². The summed E-state index contributed by atoms with van der Waals surface area (Å²) in [6.45, 7) is 3.16. The first kappa shape index (κ1) is 9.88. The summed E-state index contributed by atoms with van der Waals surface area (Å²) in [6.07, 6.45) is 6.32. The first-order chi connectivity index (χ1) is 7.83. The molecule has 0 fully saturated rings. The Hall–Kier alpha value is -1.31. The predicted octanol–water partition coefficient (Wildman–Crippen LogP) is 3.15. The number of anilines is 1. The van der Waals surface area contributed by atoms with Gasteiger partial charge >= 0.3 is 0 Å². The van der Waals surface area contributed by atoms with Crippen molar-refractivity contribution in [2.75, 3.05) is 11.6 Å². The number of nitrogens with zero attached hydrogens (tertiary/aromatic N) is 2. The van der Waals surface area contributed by atoms with E-state index in [0.29, 0.717) is 0 Å². The third-order valence-corrected chi connectivity index (χ3v) is 3.61. The first-order valence-corrected chi connectivity index (χ1v) is 6.26. The molecule has 0 atom stereocenters. The normalized spacial score (nSPS) is 19.6. The average molecular weight is 214 g/mol. The van der Waals surface area contributed by atoms with Crippen molar-refractivity contribution in [3.05, 3.63) is 29.3 Å². The van der Waals surface area contributed by atoms with E-state index >= 15 is 0 Å². The minimum atomic E-state index is 1.05. The van der Waals surface area contributed by atoms with Gasteiger partial charge in [-0.25, -0.2) is 0 Å². The third kappa shape index (κ3) is 1.73. The molecule has 3 rings (SSSR count). The first-order valence-electron chi connectivity index (χ1n) is 6.26. The van der Waals surface area contributed by atoms with Crippen LogP contribution in [0.4, 0.5) is 5.69 Å². The molecule has 0 bridgehead atoms. The van der Waals surface area contributed by atoms with Crippen LogP contribution < -0.4 is 5.01 Å². The van der Waals surface area contributed by atoms with E-state index in [-0.39, 0.29) is 0 Å². The molecule has 1 aliphatic carbocycles. The Morgan fingerprint density at radius 2 is 1.88 bits per heavy atom. The second kappa shape index (κ2) is 3.93. The van der Waals surface area contributed by atoms with Gasteiger partial charge in [0.15, 0.2) is 0 Å². The standard InChI is InChI=1S/C14H18N2/c1-11-8-9-16(15-11)14-7-6-12-4-2-3-5-13(12)10-14/h6-7,10H,2-5,8-9H2,1H3. The Balaban J connectivity index is 1.91. The number of hydrogen-bond acceptors (Lipinski definition) is 2. The molecule has 0 spiro atoms. The Morgan fingerprint density at radius 1 is 1.06 bits per heavy atom. The second-order valence-corrected chi connectivity index (χ2v) is 4.87. The SMILES string of the molecule is CC1=NN(c2ccc3c(c2)CCCC3)CC1. The molecular weight excluding hydrogens is 196 g/mol. The summed E-state index contributed by atoms with van der Waals surface area (Å²) in [4.78, 5) is 0. The van der Waals surface area contributed by atoms with E-state index in [1.807, 2.05) is 0 Å². The molecular formula is C14H18N2. The monoisotopic (exact) mass is 214 g/mol. The van der Waals surface area contributed by atoms with Gasteiger partial charge in [-0.15, -0.1) is 0 Å². The lowest BCUT2D eigenvalue weighted by Crippen LogP contribution is -2.13. The van der Waals surface area contributed by atoms with Crippen LogP contribution in [-0.4, -0.2) is 12.3 Å². The molecule has 1 aromatic carbocycles. The van der Waals surface area contributed by atoms with Gasteiger partial charge in [0.25, 0.3) is 0 Å². The Kier molecular flexibility index (Phi) is 2.43. The maximum absolute atomic E-state index is 4.56. The Labute approximate surface area is 97.0 Å². The van der Waals surface area contributed by atoms with Crippen molar-refractivity contribution in [1.29, 1.82) is 0 Å². The van der Waals surface area contributed by atoms with E-state index < -0.39 is 0 Å². The van der Waals surface area contributed by atoms with Gasteiger partial charge in [0.2, 0.25) is 0 Å². The largest absolute Gasteiger partial charge is 0.265 e. The summed E-state index contributed by atoms with van der Waals surface area (Å²) in [7, 11) is 0. The number of hydrogen-bond donors (Lipinski definition) is 0. The Morgan fingerprint density at radius 3 is 2.62 bits per heavy atom. The van der Waals surface area contributed by atoms with Crippen LogP contribution in [0.1, 0.15) is 37.3 Å². The van der Waals surface area contributed by atoms with Gasteiger partial charge in [-0.05, 0) is 55.9 Å². The summed E-state index contributed by atoms with van der Waals surface area (Å²) < 4.78 is 0. The zero-order valence-electron chi connectivity index (χ0n) is 9.87. The van der Waals surface area contributed by atoms with Crippen molar-refractivity contribution >= 4 is 11.4 Å². The zero-order valence-corrected chi connectivity index (χ0v) is 9.87. The summed E-state index contributed by atoms with van der Waals surface area (Å²) in [5, 5.41) is 6.70. The molecule has 1 aromatic rings. The summed E-state index contributed by atoms with van der Waals surface area (Å²) in [5.41, 5.74) is 5.62. The summed E-state index contributed by atoms with van der Waals surface area (Å²) >= 11 is 0. The Bertz CT molecular complexity index is 434. The topological polar surface area (TPSA) is 15.6 Å². The molecule has 0 radical (unpaired) electrons. The molecule has 0 amide bonds. The number of rotatable bonds is 1. The molecule has 0 saturated heterocycles. The van der Waals surface area contributed by atoms with E-state index in [9.17, 15) is 0 Å². The molecule has 1 aliphatic heterocycles. The molecule has 0 aromatic heterocycles. The maximum Gasteiger partial charge on any atom is 0.0596 e. The highest BCUT2D eigenvalue weighted by molar-refractivity contribution is 5.85. The second-order valence-electron chi connectivity index (χ2n) is 4.87. The molecule has 0 N–H and O–H groups in total. The van der Waals surface area contributed by atoms with Crippen LogP contribution in [0.3, 0.4) is 0 Å². The van der Waals surface area contributed by atoms with Gasteiger partial charge in [0, 0.05) is 18.7 Å². The van der Waals surface area contributed by atoms with Crippen LogP contribution in [-0.2, 0) is 12.8 Å². The van der Waals surface area contributed by atoms with Crippen LogP contribution in [0.2, 0.25) is 0 Å². The molecule has 0 saturated carbocycles. The maximum atomic E-state index is 4.56. The molecule has 16 heavy (non-hydrogen) atoms. The molecule has 84 valence electrons. The van der Waals surface area contributed by atoms with E-state index in [1.165, 1.54) is 37.1 Å². The summed E-state index contributed by atoms with van der Waals surface area (Å²) in [5.74, 6) is 0. The molecule has 0 unspecified atom stereocenters. The lowest BCUT2D eigenvalue weighted by Gasteiger charge is -2.20. The fraction of sp³-hybridized carbons (Fsp3) is 0.500. The molecule has 1 heterocycles. The number of benzene rings is 1. The zero-order chi connectivity index (χ0) is 11.0. The van der Waals surface area contributed by atoms with E-state index in [1.54, 1.807) is 11.1 Å². The van der Waals surface area contributed by atoms with E-state index in [4.69, 9.17) is 0 Å². The van der Waals surface area contributed by atoms with Crippen LogP contribution in [0.25, 0.3) is 0 Å². The molecule has 2 aliphatic rings. The number of hydrazone groups is 1. The minimum absolute atomic E-state index is 1.05. The lowest BCUT2D eigenvalue weighted by molar-refractivity contribution is 0.685. The highest BCUT2D eigenvalue weighted by atomic mass is 15.5.